The van der Waals surface area contributed by atoms with E-state index in [0.29, 0.717) is 6.04 Å². The van der Waals surface area contributed by atoms with E-state index in [1.807, 2.05) is 13.1 Å². The number of halogens is 1. The van der Waals surface area contributed by atoms with Crippen LogP contribution < -0.4 is 10.2 Å². The van der Waals surface area contributed by atoms with Crippen LogP contribution in [-0.2, 0) is 0 Å². The third-order valence-corrected chi connectivity index (χ3v) is 2.58. The molecular formula is C9H16ClN3O. The first kappa shape index (κ1) is 11.3. The largest absolute Gasteiger partial charge is 0.363 e. The van der Waals surface area contributed by atoms with Crippen LogP contribution in [0.2, 0.25) is 0 Å². The zero-order valence-electron chi connectivity index (χ0n) is 8.27. The molecule has 1 N–H and O–H groups in total. The van der Waals surface area contributed by atoms with E-state index < -0.39 is 0 Å². The molecule has 2 rings (SSSR count). The Bertz CT molecular complexity index is 253. The lowest BCUT2D eigenvalue weighted by Gasteiger charge is -2.32. The van der Waals surface area contributed by atoms with Crippen molar-refractivity contribution in [3.63, 3.8) is 0 Å². The molecule has 1 aliphatic heterocycles. The quantitative estimate of drug-likeness (QED) is 0.811. The zero-order valence-corrected chi connectivity index (χ0v) is 9.09. The summed E-state index contributed by atoms with van der Waals surface area (Å²) in [4.78, 5) is 2.26. The monoisotopic (exact) mass is 217 g/mol. The van der Waals surface area contributed by atoms with Gasteiger partial charge in [0.1, 0.15) is 6.26 Å². The highest BCUT2D eigenvalue weighted by Crippen LogP contribution is 2.17. The van der Waals surface area contributed by atoms with Crippen molar-refractivity contribution in [2.45, 2.75) is 18.9 Å². The third-order valence-electron chi connectivity index (χ3n) is 2.58. The van der Waals surface area contributed by atoms with Gasteiger partial charge in [0.2, 0.25) is 0 Å². The predicted molar refractivity (Wildman–Crippen MR) is 58.0 cm³/mol. The van der Waals surface area contributed by atoms with Gasteiger partial charge < -0.3 is 14.7 Å². The summed E-state index contributed by atoms with van der Waals surface area (Å²) in [5.41, 5.74) is 0. The Labute approximate surface area is 90.0 Å². The van der Waals surface area contributed by atoms with E-state index in [-0.39, 0.29) is 12.4 Å². The van der Waals surface area contributed by atoms with Crippen LogP contribution >= 0.6 is 12.4 Å². The molecule has 1 aliphatic rings. The number of piperidine rings is 1. The van der Waals surface area contributed by atoms with Crippen LogP contribution in [-0.4, -0.2) is 31.3 Å². The summed E-state index contributed by atoms with van der Waals surface area (Å²) in [6, 6.07) is 2.50. The maximum Gasteiger partial charge on any atom is 0.171 e. The molecule has 5 heteroatoms. The van der Waals surface area contributed by atoms with Crippen LogP contribution in [0.3, 0.4) is 0 Å². The van der Waals surface area contributed by atoms with Crippen molar-refractivity contribution in [1.29, 1.82) is 0 Å². The Morgan fingerprint density at radius 2 is 2.50 bits per heavy atom. The summed E-state index contributed by atoms with van der Waals surface area (Å²) in [7, 11) is 2.01. The van der Waals surface area contributed by atoms with Gasteiger partial charge in [-0.05, 0) is 19.9 Å². The third kappa shape index (κ3) is 2.39. The normalized spacial score (nSPS) is 21.8. The smallest absolute Gasteiger partial charge is 0.171 e. The molecule has 0 saturated carbocycles. The van der Waals surface area contributed by atoms with Crippen LogP contribution in [0, 0.1) is 0 Å². The summed E-state index contributed by atoms with van der Waals surface area (Å²) in [5, 5.41) is 7.23. The van der Waals surface area contributed by atoms with Crippen LogP contribution in [0.5, 0.6) is 0 Å². The molecule has 2 heterocycles. The Kier molecular flexibility index (Phi) is 4.22. The van der Waals surface area contributed by atoms with Crippen LogP contribution in [0.15, 0.2) is 16.9 Å². The molecule has 0 aliphatic carbocycles. The van der Waals surface area contributed by atoms with Gasteiger partial charge >= 0.3 is 0 Å². The highest BCUT2D eigenvalue weighted by Gasteiger charge is 2.19. The first-order valence-corrected chi connectivity index (χ1v) is 4.73. The SMILES string of the molecule is CN[C@@H]1CCCN(c2ccon2)C1.Cl. The van der Waals surface area contributed by atoms with Gasteiger partial charge in [-0.15, -0.1) is 12.4 Å². The lowest BCUT2D eigenvalue weighted by atomic mass is 10.1. The molecule has 0 amide bonds. The fourth-order valence-corrected chi connectivity index (χ4v) is 1.79. The van der Waals surface area contributed by atoms with Crippen LogP contribution in [0.25, 0.3) is 0 Å². The van der Waals surface area contributed by atoms with Crippen molar-refractivity contribution in [1.82, 2.24) is 10.5 Å². The molecule has 1 aromatic heterocycles. The van der Waals surface area contributed by atoms with E-state index >= 15 is 0 Å². The van der Waals surface area contributed by atoms with Crippen molar-refractivity contribution in [3.8, 4) is 0 Å². The van der Waals surface area contributed by atoms with E-state index in [1.165, 1.54) is 12.8 Å². The van der Waals surface area contributed by atoms with Crippen molar-refractivity contribution in [3.05, 3.63) is 12.3 Å². The molecule has 0 aromatic carbocycles. The van der Waals surface area contributed by atoms with Gasteiger partial charge in [0.25, 0.3) is 0 Å². The Balaban J connectivity index is 0.000000980. The van der Waals surface area contributed by atoms with Crippen molar-refractivity contribution >= 4 is 18.2 Å². The maximum atomic E-state index is 4.82. The summed E-state index contributed by atoms with van der Waals surface area (Å²) in [6.07, 6.45) is 4.10. The summed E-state index contributed by atoms with van der Waals surface area (Å²) >= 11 is 0. The highest BCUT2D eigenvalue weighted by molar-refractivity contribution is 5.85. The minimum absolute atomic E-state index is 0. The van der Waals surface area contributed by atoms with Crippen LogP contribution in [0.1, 0.15) is 12.8 Å². The van der Waals surface area contributed by atoms with Gasteiger partial charge in [0.05, 0.1) is 0 Å². The number of aromatic nitrogens is 1. The number of hydrogen-bond donors (Lipinski definition) is 1. The van der Waals surface area contributed by atoms with Gasteiger partial charge in [0.15, 0.2) is 5.82 Å². The molecule has 1 aromatic rings. The molecule has 1 fully saturated rings. The molecule has 0 spiro atoms. The number of hydrogen-bond acceptors (Lipinski definition) is 4. The van der Waals surface area contributed by atoms with Gasteiger partial charge in [0, 0.05) is 25.2 Å². The molecule has 0 radical (unpaired) electrons. The number of nitrogens with one attached hydrogen (secondary N) is 1. The van der Waals surface area contributed by atoms with Gasteiger partial charge in [-0.1, -0.05) is 5.16 Å². The average Bonchev–Trinajstić information content (AvgIpc) is 2.71. The van der Waals surface area contributed by atoms with Gasteiger partial charge in [-0.25, -0.2) is 0 Å². The summed E-state index contributed by atoms with van der Waals surface area (Å²) in [6.45, 7) is 2.12. The highest BCUT2D eigenvalue weighted by atomic mass is 35.5. The minimum Gasteiger partial charge on any atom is -0.363 e. The van der Waals surface area contributed by atoms with E-state index in [0.717, 1.165) is 18.9 Å². The van der Waals surface area contributed by atoms with Crippen molar-refractivity contribution < 1.29 is 4.52 Å². The molecule has 1 saturated heterocycles. The van der Waals surface area contributed by atoms with E-state index in [9.17, 15) is 0 Å². The lowest BCUT2D eigenvalue weighted by molar-refractivity contribution is 0.406. The second kappa shape index (κ2) is 5.22. The topological polar surface area (TPSA) is 41.3 Å². The Hall–Kier alpha value is -0.740. The Morgan fingerprint density at radius 1 is 1.64 bits per heavy atom. The number of anilines is 1. The Morgan fingerprint density at radius 3 is 3.14 bits per heavy atom. The fraction of sp³-hybridized carbons (Fsp3) is 0.667. The van der Waals surface area contributed by atoms with Crippen molar-refractivity contribution in [2.24, 2.45) is 0 Å². The molecule has 14 heavy (non-hydrogen) atoms. The van der Waals surface area contributed by atoms with Gasteiger partial charge in [-0.2, -0.15) is 0 Å². The molecule has 0 bridgehead atoms. The predicted octanol–water partition coefficient (Wildman–Crippen LogP) is 1.28. The van der Waals surface area contributed by atoms with Gasteiger partial charge in [-0.3, -0.25) is 0 Å². The van der Waals surface area contributed by atoms with Crippen molar-refractivity contribution in [2.75, 3.05) is 25.0 Å². The molecule has 80 valence electrons. The number of nitrogens with zero attached hydrogens (tertiary/aromatic N) is 2. The minimum atomic E-state index is 0. The average molecular weight is 218 g/mol. The molecule has 1 atom stereocenters. The summed E-state index contributed by atoms with van der Waals surface area (Å²) < 4.78 is 4.82. The second-order valence-corrected chi connectivity index (χ2v) is 3.43. The molecular weight excluding hydrogens is 202 g/mol. The zero-order chi connectivity index (χ0) is 9.10. The summed E-state index contributed by atoms with van der Waals surface area (Å²) in [5.74, 6) is 0.958. The van der Waals surface area contributed by atoms with E-state index in [1.54, 1.807) is 6.26 Å². The lowest BCUT2D eigenvalue weighted by Crippen LogP contribution is -2.44. The second-order valence-electron chi connectivity index (χ2n) is 3.43. The first-order valence-electron chi connectivity index (χ1n) is 4.73. The molecule has 4 nitrogen and oxygen atoms in total. The van der Waals surface area contributed by atoms with E-state index in [2.05, 4.69) is 15.4 Å². The standard InChI is InChI=1S/C9H15N3O.ClH/c1-10-8-3-2-5-12(7-8)9-4-6-13-11-9;/h4,6,8,10H,2-3,5,7H2,1H3;1H/t8-;/m1./s1. The maximum absolute atomic E-state index is 4.82. The van der Waals surface area contributed by atoms with Crippen LogP contribution in [0.4, 0.5) is 5.82 Å². The van der Waals surface area contributed by atoms with E-state index in [4.69, 9.17) is 4.52 Å². The first-order chi connectivity index (χ1) is 6.40. The molecule has 0 unspecified atom stereocenters. The number of likely N-dealkylation sites (N-methyl/N-ethyl adjacent to an activating group) is 1. The fourth-order valence-electron chi connectivity index (χ4n) is 1.79. The number of rotatable bonds is 2.